The van der Waals surface area contributed by atoms with Crippen LogP contribution in [0.2, 0.25) is 0 Å². The van der Waals surface area contributed by atoms with Gasteiger partial charge in [-0.3, -0.25) is 4.21 Å². The topological polar surface area (TPSA) is 164 Å². The third kappa shape index (κ3) is 5.82. The van der Waals surface area contributed by atoms with Gasteiger partial charge in [-0.25, -0.2) is 13.6 Å². The molecule has 7 N–H and O–H groups in total. The Hall–Kier alpha value is -4.48. The molecule has 8 nitrogen and oxygen atoms in total. The van der Waals surface area contributed by atoms with Crippen molar-refractivity contribution in [3.8, 4) is 22.3 Å². The van der Waals surface area contributed by atoms with E-state index < -0.39 is 26.7 Å². The number of benzene rings is 5. The molecule has 5 aromatic rings. The molecule has 49 heavy (non-hydrogen) atoms. The van der Waals surface area contributed by atoms with Crippen molar-refractivity contribution in [3.63, 3.8) is 0 Å². The first-order valence-corrected chi connectivity index (χ1v) is 19.1. The van der Waals surface area contributed by atoms with E-state index in [-0.39, 0.29) is 4.90 Å². The number of sulfonamides is 1. The highest BCUT2D eigenvalue weighted by atomic mass is 32.2. The van der Waals surface area contributed by atoms with Gasteiger partial charge < -0.3 is 20.7 Å². The van der Waals surface area contributed by atoms with Crippen LogP contribution >= 0.6 is 0 Å². The summed E-state index contributed by atoms with van der Waals surface area (Å²) in [6.07, 6.45) is 2.94. The van der Waals surface area contributed by atoms with Crippen molar-refractivity contribution in [2.24, 2.45) is 5.14 Å². The summed E-state index contributed by atoms with van der Waals surface area (Å²) in [5.74, 6) is 0. The van der Waals surface area contributed by atoms with Crippen molar-refractivity contribution >= 4 is 38.4 Å². The van der Waals surface area contributed by atoms with E-state index in [4.69, 9.17) is 16.6 Å². The summed E-state index contributed by atoms with van der Waals surface area (Å²) in [4.78, 5) is 0.0390. The van der Waals surface area contributed by atoms with Gasteiger partial charge in [0.25, 0.3) is 0 Å². The molecule has 10 heteroatoms. The zero-order valence-corrected chi connectivity index (χ0v) is 29.7. The Labute approximate surface area is 291 Å². The summed E-state index contributed by atoms with van der Waals surface area (Å²) in [5, 5.41) is 5.40. The van der Waals surface area contributed by atoms with Gasteiger partial charge in [0.1, 0.15) is 0 Å². The second-order valence-electron chi connectivity index (χ2n) is 12.5. The predicted octanol–water partition coefficient (Wildman–Crippen LogP) is 6.98. The molecule has 5 aromatic carbocycles. The lowest BCUT2D eigenvalue weighted by Gasteiger charge is -2.36. The number of hydrogen-bond acceptors (Lipinski definition) is 6. The van der Waals surface area contributed by atoms with Gasteiger partial charge in [0.2, 0.25) is 10.0 Å². The Morgan fingerprint density at radius 3 is 1.51 bits per heavy atom. The summed E-state index contributed by atoms with van der Waals surface area (Å²) in [5.41, 5.74) is 26.4. The summed E-state index contributed by atoms with van der Waals surface area (Å²) in [6.45, 7) is 8.39. The maximum atomic E-state index is 12.0. The summed E-state index contributed by atoms with van der Waals surface area (Å²) in [6, 6.07) is 27.3. The van der Waals surface area contributed by atoms with E-state index in [9.17, 15) is 17.2 Å². The van der Waals surface area contributed by atoms with Crippen LogP contribution < -0.4 is 21.3 Å². The van der Waals surface area contributed by atoms with Gasteiger partial charge in [0, 0.05) is 28.3 Å². The Morgan fingerprint density at radius 1 is 0.653 bits per heavy atom. The third-order valence-electron chi connectivity index (χ3n) is 9.95. The number of nitrogens with two attached hydrogens (primary N) is 3. The zero-order chi connectivity index (χ0) is 35.2. The van der Waals surface area contributed by atoms with Gasteiger partial charge in [-0.1, -0.05) is 82.3 Å². The SMILES string of the molecule is CCc1cc(C2(c3cc(CC)c(N)c(CC)c3)c3cc(NS(=O)[O-])ccc3-c3ccc(-c4ccc(S(N)(=O)=O)cc4)cc32)cc(CC)c1N. The number of aryl methyl sites for hydroxylation is 4. The summed E-state index contributed by atoms with van der Waals surface area (Å²) < 4.78 is 50.4. The average Bonchev–Trinajstić information content (AvgIpc) is 3.37. The molecule has 0 saturated carbocycles. The molecular weight excluding hydrogens is 653 g/mol. The smallest absolute Gasteiger partial charge is 0.238 e. The van der Waals surface area contributed by atoms with Crippen LogP contribution in [0, 0.1) is 0 Å². The number of fused-ring (bicyclic) bond motifs is 3. The Balaban J connectivity index is 1.79. The van der Waals surface area contributed by atoms with E-state index in [0.717, 1.165) is 104 Å². The molecule has 1 unspecified atom stereocenters. The van der Waals surface area contributed by atoms with E-state index >= 15 is 0 Å². The first kappa shape index (κ1) is 34.4. The highest BCUT2D eigenvalue weighted by Crippen LogP contribution is 2.58. The van der Waals surface area contributed by atoms with Gasteiger partial charge in [0.15, 0.2) is 0 Å². The van der Waals surface area contributed by atoms with Crippen molar-refractivity contribution < 1.29 is 17.2 Å². The molecule has 0 amide bonds. The van der Waals surface area contributed by atoms with Crippen LogP contribution in [0.1, 0.15) is 72.2 Å². The van der Waals surface area contributed by atoms with E-state index in [0.29, 0.717) is 5.69 Å². The lowest BCUT2D eigenvalue weighted by atomic mass is 9.65. The number of hydrogen-bond donors (Lipinski definition) is 4. The van der Waals surface area contributed by atoms with E-state index in [1.807, 2.05) is 18.2 Å². The molecule has 1 aliphatic rings. The number of primary sulfonamides is 1. The average molecular weight is 694 g/mol. The maximum Gasteiger partial charge on any atom is 0.238 e. The standard InChI is InChI=1S/C39H42N4O4S2/c1-5-23-17-29(18-24(6-2)37(23)40)39(30-19-25(7-3)38(41)26(8-4)20-30)35-21-28(27-9-13-32(14-10-27)49(42,46)47)11-15-33(35)34-16-12-31(22-36(34)39)43-48(44)45/h9-22,43H,5-8,40-41H2,1-4H3,(H,44,45)(H2,42,46,47)/p-1. The minimum Gasteiger partial charge on any atom is -0.755 e. The quantitative estimate of drug-likeness (QED) is 0.0893. The molecule has 1 atom stereocenters. The first-order valence-electron chi connectivity index (χ1n) is 16.5. The minimum atomic E-state index is -3.86. The van der Waals surface area contributed by atoms with Crippen LogP contribution in [-0.2, 0) is 52.4 Å². The maximum absolute atomic E-state index is 12.0. The molecule has 254 valence electrons. The van der Waals surface area contributed by atoms with E-state index in [1.54, 1.807) is 18.2 Å². The molecule has 6 rings (SSSR count). The highest BCUT2D eigenvalue weighted by Gasteiger charge is 2.47. The molecule has 0 fully saturated rings. The number of anilines is 3. The molecule has 0 heterocycles. The van der Waals surface area contributed by atoms with Crippen LogP contribution in [0.3, 0.4) is 0 Å². The van der Waals surface area contributed by atoms with Crippen LogP contribution in [0.25, 0.3) is 22.3 Å². The summed E-state index contributed by atoms with van der Waals surface area (Å²) >= 11 is -2.53. The number of rotatable bonds is 10. The lowest BCUT2D eigenvalue weighted by Crippen LogP contribution is -2.30. The van der Waals surface area contributed by atoms with Gasteiger partial charge in [-0.15, -0.1) is 0 Å². The fourth-order valence-electron chi connectivity index (χ4n) is 7.45. The number of nitrogens with one attached hydrogen (secondary N) is 1. The van der Waals surface area contributed by atoms with Crippen molar-refractivity contribution in [2.45, 2.75) is 63.7 Å². The first-order chi connectivity index (χ1) is 23.4. The normalized spacial score (nSPS) is 13.9. The van der Waals surface area contributed by atoms with Crippen LogP contribution in [0.4, 0.5) is 17.1 Å². The van der Waals surface area contributed by atoms with Crippen LogP contribution in [0.5, 0.6) is 0 Å². The fraction of sp³-hybridized carbons (Fsp3) is 0.231. The molecule has 0 spiro atoms. The van der Waals surface area contributed by atoms with E-state index in [1.165, 1.54) is 12.1 Å². The molecule has 0 bridgehead atoms. The van der Waals surface area contributed by atoms with Crippen LogP contribution in [-0.4, -0.2) is 17.2 Å². The number of nitrogen functional groups attached to an aromatic ring is 2. The van der Waals surface area contributed by atoms with Crippen molar-refractivity contribution in [3.05, 3.63) is 129 Å². The predicted molar refractivity (Wildman–Crippen MR) is 199 cm³/mol. The van der Waals surface area contributed by atoms with Crippen molar-refractivity contribution in [1.29, 1.82) is 0 Å². The fourth-order valence-corrected chi connectivity index (χ4v) is 8.28. The zero-order valence-electron chi connectivity index (χ0n) is 28.1. The van der Waals surface area contributed by atoms with Gasteiger partial charge in [-0.2, -0.15) is 0 Å². The van der Waals surface area contributed by atoms with E-state index in [2.05, 4.69) is 68.8 Å². The molecule has 0 radical (unpaired) electrons. The lowest BCUT2D eigenvalue weighted by molar-refractivity contribution is 0.542. The van der Waals surface area contributed by atoms with Crippen molar-refractivity contribution in [2.75, 3.05) is 16.2 Å². The van der Waals surface area contributed by atoms with Gasteiger partial charge in [-0.05, 0) is 123 Å². The van der Waals surface area contributed by atoms with Crippen molar-refractivity contribution in [1.82, 2.24) is 0 Å². The Bertz CT molecular complexity index is 2120. The monoisotopic (exact) mass is 693 g/mol. The Morgan fingerprint density at radius 2 is 1.08 bits per heavy atom. The summed E-state index contributed by atoms with van der Waals surface area (Å²) in [7, 11) is -3.86. The molecule has 0 aliphatic heterocycles. The molecule has 1 aliphatic carbocycles. The molecular formula is C39H41N4O4S2-. The van der Waals surface area contributed by atoms with Crippen LogP contribution in [0.15, 0.2) is 89.8 Å². The molecule has 0 aromatic heterocycles. The highest BCUT2D eigenvalue weighted by molar-refractivity contribution is 7.89. The second kappa shape index (κ2) is 13.1. The third-order valence-corrected chi connectivity index (χ3v) is 11.3. The minimum absolute atomic E-state index is 0.0390. The Kier molecular flexibility index (Phi) is 9.19. The van der Waals surface area contributed by atoms with Gasteiger partial charge >= 0.3 is 0 Å². The molecule has 0 saturated heterocycles. The second-order valence-corrected chi connectivity index (χ2v) is 14.7. The largest absolute Gasteiger partial charge is 0.755 e. The van der Waals surface area contributed by atoms with Gasteiger partial charge in [0.05, 0.1) is 10.3 Å².